The summed E-state index contributed by atoms with van der Waals surface area (Å²) >= 11 is 1.44. The molecule has 0 atom stereocenters. The zero-order chi connectivity index (χ0) is 16.9. The summed E-state index contributed by atoms with van der Waals surface area (Å²) in [6, 6.07) is 10.6. The monoisotopic (exact) mass is 341 g/mol. The predicted octanol–water partition coefficient (Wildman–Crippen LogP) is 3.91. The van der Waals surface area contributed by atoms with Crippen LogP contribution in [0.15, 0.2) is 35.4 Å². The van der Waals surface area contributed by atoms with Crippen LogP contribution in [0.4, 0.5) is 0 Å². The van der Waals surface area contributed by atoms with Gasteiger partial charge in [-0.2, -0.15) is 0 Å². The van der Waals surface area contributed by atoms with Crippen molar-refractivity contribution in [1.82, 2.24) is 15.5 Å². The standard InChI is InChI=1S/C19H23N3OS/c1-13-7-8-15(11-14(13)2)17-9-10-19(22-21-17)24-12-18(23)20-16-5-3-4-6-16/h7-11,16H,3-6,12H2,1-2H3,(H,20,23). The number of hydrogen-bond donors (Lipinski definition) is 1. The molecule has 0 bridgehead atoms. The molecule has 5 heteroatoms. The molecule has 1 amide bonds. The average Bonchev–Trinajstić information content (AvgIpc) is 3.09. The number of rotatable bonds is 5. The number of carbonyl (C=O) groups excluding carboxylic acids is 1. The topological polar surface area (TPSA) is 54.9 Å². The Morgan fingerprint density at radius 3 is 2.58 bits per heavy atom. The van der Waals surface area contributed by atoms with Crippen molar-refractivity contribution >= 4 is 17.7 Å². The largest absolute Gasteiger partial charge is 0.353 e. The summed E-state index contributed by atoms with van der Waals surface area (Å²) in [6.45, 7) is 4.20. The molecule has 3 rings (SSSR count). The van der Waals surface area contributed by atoms with Gasteiger partial charge in [0.15, 0.2) is 0 Å². The van der Waals surface area contributed by atoms with Gasteiger partial charge in [-0.25, -0.2) is 0 Å². The second-order valence-corrected chi connectivity index (χ2v) is 7.39. The smallest absolute Gasteiger partial charge is 0.230 e. The third kappa shape index (κ3) is 4.35. The van der Waals surface area contributed by atoms with Crippen molar-refractivity contribution < 1.29 is 4.79 Å². The lowest BCUT2D eigenvalue weighted by atomic mass is 10.0. The van der Waals surface area contributed by atoms with Crippen LogP contribution in [0.3, 0.4) is 0 Å². The highest BCUT2D eigenvalue weighted by Gasteiger charge is 2.17. The van der Waals surface area contributed by atoms with Gasteiger partial charge in [-0.15, -0.1) is 10.2 Å². The van der Waals surface area contributed by atoms with Gasteiger partial charge in [0.25, 0.3) is 0 Å². The Hall–Kier alpha value is -1.88. The Kier molecular flexibility index (Phi) is 5.51. The van der Waals surface area contributed by atoms with E-state index in [1.807, 2.05) is 12.1 Å². The lowest BCUT2D eigenvalue weighted by Gasteiger charge is -2.11. The van der Waals surface area contributed by atoms with E-state index in [1.54, 1.807) is 0 Å². The van der Waals surface area contributed by atoms with Crippen molar-refractivity contribution in [3.05, 3.63) is 41.5 Å². The summed E-state index contributed by atoms with van der Waals surface area (Å²) in [7, 11) is 0. The van der Waals surface area contributed by atoms with Crippen molar-refractivity contribution in [3.8, 4) is 11.3 Å². The molecule has 2 aromatic rings. The number of nitrogens with zero attached hydrogens (tertiary/aromatic N) is 2. The van der Waals surface area contributed by atoms with Crippen LogP contribution < -0.4 is 5.32 Å². The first-order chi connectivity index (χ1) is 11.6. The quantitative estimate of drug-likeness (QED) is 0.838. The van der Waals surface area contributed by atoms with Crippen LogP contribution in [-0.2, 0) is 4.79 Å². The van der Waals surface area contributed by atoms with Crippen LogP contribution in [0, 0.1) is 13.8 Å². The minimum Gasteiger partial charge on any atom is -0.353 e. The number of thioether (sulfide) groups is 1. The van der Waals surface area contributed by atoms with Gasteiger partial charge in [0, 0.05) is 11.6 Å². The summed E-state index contributed by atoms with van der Waals surface area (Å²) in [5.74, 6) is 0.487. The zero-order valence-electron chi connectivity index (χ0n) is 14.2. The van der Waals surface area contributed by atoms with E-state index in [2.05, 4.69) is 47.6 Å². The third-order valence-corrected chi connectivity index (χ3v) is 5.43. The van der Waals surface area contributed by atoms with Crippen molar-refractivity contribution in [2.45, 2.75) is 50.6 Å². The molecule has 1 saturated carbocycles. The van der Waals surface area contributed by atoms with Gasteiger partial charge in [-0.1, -0.05) is 36.7 Å². The molecule has 0 radical (unpaired) electrons. The normalized spacial score (nSPS) is 14.8. The predicted molar refractivity (Wildman–Crippen MR) is 98.1 cm³/mol. The second kappa shape index (κ2) is 7.79. The lowest BCUT2D eigenvalue weighted by Crippen LogP contribution is -2.33. The van der Waals surface area contributed by atoms with Gasteiger partial charge in [-0.05, 0) is 56.0 Å². The van der Waals surface area contributed by atoms with E-state index in [0.29, 0.717) is 11.8 Å². The van der Waals surface area contributed by atoms with E-state index >= 15 is 0 Å². The molecule has 1 fully saturated rings. The Morgan fingerprint density at radius 1 is 1.12 bits per heavy atom. The van der Waals surface area contributed by atoms with Gasteiger partial charge < -0.3 is 5.32 Å². The van der Waals surface area contributed by atoms with Crippen LogP contribution in [0.5, 0.6) is 0 Å². The van der Waals surface area contributed by atoms with Gasteiger partial charge in [0.2, 0.25) is 5.91 Å². The van der Waals surface area contributed by atoms with E-state index in [9.17, 15) is 4.79 Å². The van der Waals surface area contributed by atoms with Gasteiger partial charge in [-0.3, -0.25) is 4.79 Å². The molecule has 0 aliphatic heterocycles. The number of benzene rings is 1. The molecule has 4 nitrogen and oxygen atoms in total. The summed E-state index contributed by atoms with van der Waals surface area (Å²) in [5.41, 5.74) is 4.45. The fraction of sp³-hybridized carbons (Fsp3) is 0.421. The molecule has 1 heterocycles. The molecule has 1 aromatic heterocycles. The minimum absolute atomic E-state index is 0.0898. The van der Waals surface area contributed by atoms with E-state index < -0.39 is 0 Å². The maximum absolute atomic E-state index is 12.0. The molecular weight excluding hydrogens is 318 g/mol. The highest BCUT2D eigenvalue weighted by molar-refractivity contribution is 7.99. The SMILES string of the molecule is Cc1ccc(-c2ccc(SCC(=O)NC3CCCC3)nn2)cc1C. The van der Waals surface area contributed by atoms with Crippen LogP contribution in [0.2, 0.25) is 0 Å². The van der Waals surface area contributed by atoms with Gasteiger partial charge in [0.1, 0.15) is 5.03 Å². The summed E-state index contributed by atoms with van der Waals surface area (Å²) in [6.07, 6.45) is 4.68. The number of aromatic nitrogens is 2. The van der Waals surface area contributed by atoms with Crippen molar-refractivity contribution in [1.29, 1.82) is 0 Å². The van der Waals surface area contributed by atoms with Gasteiger partial charge >= 0.3 is 0 Å². The molecule has 0 saturated heterocycles. The Morgan fingerprint density at radius 2 is 1.92 bits per heavy atom. The van der Waals surface area contributed by atoms with E-state index in [4.69, 9.17) is 0 Å². The van der Waals surface area contributed by atoms with Crippen molar-refractivity contribution in [3.63, 3.8) is 0 Å². The molecule has 1 aliphatic rings. The Labute approximate surface area is 147 Å². The van der Waals surface area contributed by atoms with Crippen LogP contribution in [0.25, 0.3) is 11.3 Å². The Bertz CT molecular complexity index is 709. The number of aryl methyl sites for hydroxylation is 2. The van der Waals surface area contributed by atoms with E-state index in [-0.39, 0.29) is 5.91 Å². The van der Waals surface area contributed by atoms with E-state index in [1.165, 1.54) is 35.7 Å². The van der Waals surface area contributed by atoms with Crippen LogP contribution in [0.1, 0.15) is 36.8 Å². The zero-order valence-corrected chi connectivity index (χ0v) is 15.0. The summed E-state index contributed by atoms with van der Waals surface area (Å²) < 4.78 is 0. The van der Waals surface area contributed by atoms with Crippen LogP contribution in [-0.4, -0.2) is 27.9 Å². The van der Waals surface area contributed by atoms with Crippen LogP contribution >= 0.6 is 11.8 Å². The summed E-state index contributed by atoms with van der Waals surface area (Å²) in [4.78, 5) is 12.0. The third-order valence-electron chi connectivity index (χ3n) is 4.51. The molecule has 126 valence electrons. The number of hydrogen-bond acceptors (Lipinski definition) is 4. The summed E-state index contributed by atoms with van der Waals surface area (Å²) in [5, 5.41) is 12.4. The molecule has 24 heavy (non-hydrogen) atoms. The lowest BCUT2D eigenvalue weighted by molar-refractivity contribution is -0.119. The fourth-order valence-corrected chi connectivity index (χ4v) is 3.56. The number of amides is 1. The maximum atomic E-state index is 12.0. The molecular formula is C19H23N3OS. The molecule has 0 spiro atoms. The van der Waals surface area contributed by atoms with Crippen molar-refractivity contribution in [2.75, 3.05) is 5.75 Å². The first-order valence-corrected chi connectivity index (χ1v) is 9.44. The highest BCUT2D eigenvalue weighted by Crippen LogP contribution is 2.22. The average molecular weight is 341 g/mol. The number of carbonyl (C=O) groups is 1. The molecule has 1 N–H and O–H groups in total. The molecule has 1 aromatic carbocycles. The molecule has 1 aliphatic carbocycles. The second-order valence-electron chi connectivity index (χ2n) is 6.39. The van der Waals surface area contributed by atoms with Gasteiger partial charge in [0.05, 0.1) is 11.4 Å². The number of nitrogens with one attached hydrogen (secondary N) is 1. The van der Waals surface area contributed by atoms with Crippen molar-refractivity contribution in [2.24, 2.45) is 0 Å². The maximum Gasteiger partial charge on any atom is 0.230 e. The first-order valence-electron chi connectivity index (χ1n) is 8.45. The first kappa shape index (κ1) is 17.0. The molecule has 0 unspecified atom stereocenters. The highest BCUT2D eigenvalue weighted by atomic mass is 32.2. The Balaban J connectivity index is 1.56. The minimum atomic E-state index is 0.0898. The van der Waals surface area contributed by atoms with E-state index in [0.717, 1.165) is 29.1 Å². The fourth-order valence-electron chi connectivity index (χ4n) is 2.93.